The van der Waals surface area contributed by atoms with E-state index in [0.717, 1.165) is 4.68 Å². The maximum absolute atomic E-state index is 11.1. The fourth-order valence-electron chi connectivity index (χ4n) is 1.31. The molecule has 0 bridgehead atoms. The van der Waals surface area contributed by atoms with Gasteiger partial charge in [0.2, 0.25) is 6.29 Å². The molecule has 0 saturated carbocycles. The summed E-state index contributed by atoms with van der Waals surface area (Å²) in [5.41, 5.74) is 0.378. The van der Waals surface area contributed by atoms with E-state index in [9.17, 15) is 14.7 Å². The van der Waals surface area contributed by atoms with Crippen molar-refractivity contribution in [1.29, 1.82) is 0 Å². The molecular formula is C10H6N2O4. The number of rotatable bonds is 3. The zero-order chi connectivity index (χ0) is 11.5. The van der Waals surface area contributed by atoms with Crippen LogP contribution in [-0.4, -0.2) is 17.8 Å². The number of carbonyl (C=O) groups excluding carboxylic acids is 2. The van der Waals surface area contributed by atoms with E-state index < -0.39 is 5.95 Å². The summed E-state index contributed by atoms with van der Waals surface area (Å²) in [6.07, 6.45) is 0.941. The van der Waals surface area contributed by atoms with E-state index >= 15 is 0 Å². The first-order valence-electron chi connectivity index (χ1n) is 4.36. The Morgan fingerprint density at radius 2 is 2.00 bits per heavy atom. The van der Waals surface area contributed by atoms with E-state index in [1.54, 1.807) is 24.3 Å². The van der Waals surface area contributed by atoms with Crippen LogP contribution in [0.1, 0.15) is 20.8 Å². The number of aldehydes is 2. The quantitative estimate of drug-likeness (QED) is 0.519. The second kappa shape index (κ2) is 3.93. The Labute approximate surface area is 89.7 Å². The van der Waals surface area contributed by atoms with E-state index in [2.05, 4.69) is 9.79 Å². The fraction of sp³-hybridized carbons (Fsp3) is 0. The highest BCUT2D eigenvalue weighted by Gasteiger charge is 2.22. The normalized spacial score (nSPS) is 10.0. The molecular weight excluding hydrogens is 212 g/mol. The lowest BCUT2D eigenvalue weighted by molar-refractivity contribution is -0.671. The minimum absolute atomic E-state index is 0.255. The molecule has 6 nitrogen and oxygen atoms in total. The van der Waals surface area contributed by atoms with Crippen molar-refractivity contribution in [2.45, 2.75) is 0 Å². The zero-order valence-electron chi connectivity index (χ0n) is 7.99. The number of hydrogen-bond donors (Lipinski definition) is 0. The smallest absolute Gasteiger partial charge is 0.303 e. The standard InChI is InChI=1S/C10H6N2O4/c13-5-7-3-1-2-4-8(7)12-9(6-14)10(15)16-11-12/h1-6H. The Balaban J connectivity index is 2.67. The number of carbonyl (C=O) groups is 2. The first-order valence-corrected chi connectivity index (χ1v) is 4.36. The van der Waals surface area contributed by atoms with Gasteiger partial charge in [-0.3, -0.25) is 9.59 Å². The molecule has 1 aromatic carbocycles. The molecule has 1 heterocycles. The number of hydrogen-bond acceptors (Lipinski definition) is 5. The van der Waals surface area contributed by atoms with E-state index in [4.69, 9.17) is 0 Å². The maximum atomic E-state index is 11.1. The summed E-state index contributed by atoms with van der Waals surface area (Å²) in [5.74, 6) is -0.837. The Morgan fingerprint density at radius 1 is 1.25 bits per heavy atom. The molecule has 0 atom stereocenters. The van der Waals surface area contributed by atoms with E-state index in [1.165, 1.54) is 0 Å². The third-order valence-electron chi connectivity index (χ3n) is 2.05. The highest BCUT2D eigenvalue weighted by Crippen LogP contribution is 2.10. The lowest BCUT2D eigenvalue weighted by atomic mass is 10.2. The lowest BCUT2D eigenvalue weighted by Gasteiger charge is -1.93. The van der Waals surface area contributed by atoms with Gasteiger partial charge >= 0.3 is 5.69 Å². The Kier molecular flexibility index (Phi) is 2.47. The topological polar surface area (TPSA) is 87.1 Å². The molecule has 80 valence electrons. The highest BCUT2D eigenvalue weighted by atomic mass is 16.6. The number of benzene rings is 1. The molecule has 0 saturated heterocycles. The van der Waals surface area contributed by atoms with Gasteiger partial charge in [0.25, 0.3) is 5.69 Å². The van der Waals surface area contributed by atoms with Crippen molar-refractivity contribution >= 4 is 12.6 Å². The van der Waals surface area contributed by atoms with Gasteiger partial charge in [-0.1, -0.05) is 12.1 Å². The molecule has 0 amide bonds. The van der Waals surface area contributed by atoms with Crippen molar-refractivity contribution < 1.29 is 23.9 Å². The largest absolute Gasteiger partial charge is 0.539 e. The first-order chi connectivity index (χ1) is 7.77. The summed E-state index contributed by atoms with van der Waals surface area (Å²) < 4.78 is 5.35. The molecule has 0 aliphatic carbocycles. The average molecular weight is 218 g/mol. The van der Waals surface area contributed by atoms with Gasteiger partial charge < -0.3 is 9.63 Å². The van der Waals surface area contributed by atoms with Crippen molar-refractivity contribution in [1.82, 2.24) is 5.27 Å². The SMILES string of the molecule is O=Cc1ccccc1-[n+]1noc([O-])c1C=O. The van der Waals surface area contributed by atoms with Crippen molar-refractivity contribution in [3.63, 3.8) is 0 Å². The van der Waals surface area contributed by atoms with Crippen LogP contribution < -0.4 is 9.79 Å². The first kappa shape index (κ1) is 10.0. The summed E-state index contributed by atoms with van der Waals surface area (Å²) >= 11 is 0. The van der Waals surface area contributed by atoms with Crippen LogP contribution in [-0.2, 0) is 0 Å². The molecule has 0 aliphatic rings. The second-order valence-corrected chi connectivity index (χ2v) is 2.95. The molecule has 2 aromatic rings. The van der Waals surface area contributed by atoms with Gasteiger partial charge in [-0.05, 0) is 10.7 Å². The molecule has 2 rings (SSSR count). The molecule has 6 heteroatoms. The summed E-state index contributed by atoms with van der Waals surface area (Å²) in [6.45, 7) is 0. The molecule has 0 unspecified atom stereocenters. The van der Waals surface area contributed by atoms with Gasteiger partial charge in [0.1, 0.15) is 0 Å². The Morgan fingerprint density at radius 3 is 2.69 bits per heavy atom. The third kappa shape index (κ3) is 1.46. The molecule has 0 spiro atoms. The van der Waals surface area contributed by atoms with Crippen LogP contribution >= 0.6 is 0 Å². The molecule has 0 radical (unpaired) electrons. The molecule has 0 N–H and O–H groups in total. The van der Waals surface area contributed by atoms with Crippen LogP contribution in [0.4, 0.5) is 0 Å². The fourth-order valence-corrected chi connectivity index (χ4v) is 1.31. The van der Waals surface area contributed by atoms with Gasteiger partial charge in [-0.25, -0.2) is 0 Å². The second-order valence-electron chi connectivity index (χ2n) is 2.95. The third-order valence-corrected chi connectivity index (χ3v) is 2.05. The van der Waals surface area contributed by atoms with Crippen LogP contribution in [0.2, 0.25) is 0 Å². The minimum Gasteiger partial charge on any atom is -0.539 e. The van der Waals surface area contributed by atoms with Gasteiger partial charge in [-0.2, -0.15) is 0 Å². The predicted molar refractivity (Wildman–Crippen MR) is 48.3 cm³/mol. The van der Waals surface area contributed by atoms with Crippen molar-refractivity contribution in [2.24, 2.45) is 0 Å². The molecule has 16 heavy (non-hydrogen) atoms. The highest BCUT2D eigenvalue weighted by molar-refractivity contribution is 5.79. The summed E-state index contributed by atoms with van der Waals surface area (Å²) in [7, 11) is 0. The van der Waals surface area contributed by atoms with Gasteiger partial charge in [0.15, 0.2) is 12.2 Å². The van der Waals surface area contributed by atoms with Crippen molar-refractivity contribution in [3.05, 3.63) is 35.5 Å². The Hall–Kier alpha value is -2.50. The van der Waals surface area contributed by atoms with E-state index in [-0.39, 0.29) is 5.69 Å². The molecule has 0 aliphatic heterocycles. The van der Waals surface area contributed by atoms with Gasteiger partial charge in [0.05, 0.1) is 10.8 Å². The summed E-state index contributed by atoms with van der Waals surface area (Å²) in [4.78, 5) is 21.4. The molecule has 1 aromatic heterocycles. The van der Waals surface area contributed by atoms with Crippen LogP contribution in [0.3, 0.4) is 0 Å². The van der Waals surface area contributed by atoms with Crippen LogP contribution in [0.25, 0.3) is 5.69 Å². The summed E-state index contributed by atoms with van der Waals surface area (Å²) in [6, 6.07) is 6.41. The average Bonchev–Trinajstić information content (AvgIpc) is 2.70. The minimum atomic E-state index is -0.837. The summed E-state index contributed by atoms with van der Waals surface area (Å²) in [5, 5.41) is 14.5. The number of aromatic nitrogens is 2. The van der Waals surface area contributed by atoms with Gasteiger partial charge in [0, 0.05) is 6.07 Å². The lowest BCUT2D eigenvalue weighted by Crippen LogP contribution is -2.37. The Bertz CT molecular complexity index is 548. The number of para-hydroxylation sites is 1. The maximum Gasteiger partial charge on any atom is 0.303 e. The monoisotopic (exact) mass is 218 g/mol. The van der Waals surface area contributed by atoms with Crippen LogP contribution in [0.15, 0.2) is 28.8 Å². The van der Waals surface area contributed by atoms with Crippen LogP contribution in [0.5, 0.6) is 5.95 Å². The zero-order valence-corrected chi connectivity index (χ0v) is 7.99. The van der Waals surface area contributed by atoms with Crippen molar-refractivity contribution in [2.75, 3.05) is 0 Å². The van der Waals surface area contributed by atoms with Crippen molar-refractivity contribution in [3.8, 4) is 11.6 Å². The van der Waals surface area contributed by atoms with E-state index in [0.29, 0.717) is 23.8 Å². The van der Waals surface area contributed by atoms with Gasteiger partial charge in [-0.15, -0.1) is 0 Å². The van der Waals surface area contributed by atoms with Crippen LogP contribution in [0, 0.1) is 0 Å². The molecule has 0 fully saturated rings. The number of nitrogens with zero attached hydrogens (tertiary/aromatic N) is 2. The van der Waals surface area contributed by atoms with E-state index in [1.807, 2.05) is 0 Å². The predicted octanol–water partition coefficient (Wildman–Crippen LogP) is -0.350.